The summed E-state index contributed by atoms with van der Waals surface area (Å²) < 4.78 is 21.9. The van der Waals surface area contributed by atoms with E-state index in [9.17, 15) is 30.3 Å². The predicted octanol–water partition coefficient (Wildman–Crippen LogP) is 4.39. The number of anilines is 2. The Morgan fingerprint density at radius 3 is 1.60 bits per heavy atom. The Kier molecular flexibility index (Phi) is 13.3. The van der Waals surface area contributed by atoms with Gasteiger partial charge in [-0.1, -0.05) is 13.8 Å². The van der Waals surface area contributed by atoms with Gasteiger partial charge >= 0.3 is 5.97 Å². The molecule has 0 radical (unpaired) electrons. The molecule has 14 heteroatoms. The smallest absolute Gasteiger partial charge is 0.335 e. The molecule has 0 aliphatic heterocycles. The summed E-state index contributed by atoms with van der Waals surface area (Å²) in [6, 6.07) is 14.9. The number of hydrogen-bond acceptors (Lipinski definition) is 13. The topological polar surface area (TPSA) is 206 Å². The van der Waals surface area contributed by atoms with E-state index in [4.69, 9.17) is 18.9 Å². The van der Waals surface area contributed by atoms with Gasteiger partial charge in [0.1, 0.15) is 48.4 Å². The highest BCUT2D eigenvalue weighted by molar-refractivity contribution is 5.88. The summed E-state index contributed by atoms with van der Waals surface area (Å²) >= 11 is 0. The monoisotopic (exact) mass is 664 g/mol. The number of aliphatic hydroxyl groups excluding tert-OH is 2. The molecule has 1 heterocycles. The van der Waals surface area contributed by atoms with Crippen LogP contribution < -0.4 is 14.8 Å². The van der Waals surface area contributed by atoms with Gasteiger partial charge in [0.2, 0.25) is 5.95 Å². The van der Waals surface area contributed by atoms with E-state index >= 15 is 0 Å². The summed E-state index contributed by atoms with van der Waals surface area (Å²) in [5.41, 5.74) is 1.02. The predicted molar refractivity (Wildman–Crippen MR) is 176 cm³/mol. The fraction of sp³-hybridized carbons (Fsp3) is 0.353. The Balaban J connectivity index is 1.60. The molecule has 3 aromatic carbocycles. The molecule has 2 unspecified atom stereocenters. The van der Waals surface area contributed by atoms with Gasteiger partial charge in [0.25, 0.3) is 0 Å². The van der Waals surface area contributed by atoms with Gasteiger partial charge in [-0.05, 0) is 61.4 Å². The van der Waals surface area contributed by atoms with Crippen LogP contribution in [0.3, 0.4) is 0 Å². The zero-order valence-electron chi connectivity index (χ0n) is 26.7. The van der Waals surface area contributed by atoms with Crippen LogP contribution in [0.2, 0.25) is 0 Å². The minimum absolute atomic E-state index is 0.0439. The normalized spacial score (nSPS) is 12.3. The lowest BCUT2D eigenvalue weighted by atomic mass is 10.1. The summed E-state index contributed by atoms with van der Waals surface area (Å²) in [5, 5.41) is 54.3. The first-order valence-electron chi connectivity index (χ1n) is 15.5. The van der Waals surface area contributed by atoms with E-state index in [2.05, 4.69) is 20.3 Å². The lowest BCUT2D eigenvalue weighted by Gasteiger charge is -2.15. The first-order valence-corrected chi connectivity index (χ1v) is 15.5. The lowest BCUT2D eigenvalue weighted by molar-refractivity contribution is 0.0123. The molecule has 48 heavy (non-hydrogen) atoms. The summed E-state index contributed by atoms with van der Waals surface area (Å²) in [4.78, 5) is 24.7. The van der Waals surface area contributed by atoms with Crippen molar-refractivity contribution in [3.8, 4) is 45.8 Å². The molecule has 0 aliphatic carbocycles. The van der Waals surface area contributed by atoms with Gasteiger partial charge in [-0.2, -0.15) is 9.97 Å². The third-order valence-electron chi connectivity index (χ3n) is 6.65. The van der Waals surface area contributed by atoms with Crippen LogP contribution in [-0.2, 0) is 9.47 Å². The Morgan fingerprint density at radius 1 is 0.708 bits per heavy atom. The molecule has 0 saturated heterocycles. The summed E-state index contributed by atoms with van der Waals surface area (Å²) in [6.07, 6.45) is -0.0418. The molecule has 1 aromatic heterocycles. The Hall–Kier alpha value is -5.02. The molecule has 0 saturated carbocycles. The van der Waals surface area contributed by atoms with Crippen LogP contribution in [0.15, 0.2) is 60.7 Å². The second-order valence-electron chi connectivity index (χ2n) is 10.8. The highest BCUT2D eigenvalue weighted by atomic mass is 16.5. The van der Waals surface area contributed by atoms with Crippen molar-refractivity contribution >= 4 is 17.6 Å². The third kappa shape index (κ3) is 10.5. The second kappa shape index (κ2) is 17.8. The molecule has 6 N–H and O–H groups in total. The minimum Gasteiger partial charge on any atom is -0.507 e. The van der Waals surface area contributed by atoms with E-state index in [-0.39, 0.29) is 72.2 Å². The van der Waals surface area contributed by atoms with Crippen LogP contribution in [0.25, 0.3) is 22.8 Å². The number of carbonyl (C=O) groups is 1. The van der Waals surface area contributed by atoms with Crippen LogP contribution in [0.4, 0.5) is 11.6 Å². The van der Waals surface area contributed by atoms with Gasteiger partial charge in [0.05, 0.1) is 29.9 Å². The van der Waals surface area contributed by atoms with Gasteiger partial charge in [-0.25, -0.2) is 9.78 Å². The van der Waals surface area contributed by atoms with E-state index in [1.165, 1.54) is 24.3 Å². The van der Waals surface area contributed by atoms with Crippen molar-refractivity contribution < 1.29 is 49.3 Å². The number of nitrogens with one attached hydrogen (secondary N) is 1. The SMILES string of the molecule is CCCOCC(O)COc1ccc(-c2nc(Nc3ccc(C(=O)O)cc3)nc(-c3ccc(OCC(O)COCCC)cc3O)n2)c(O)c1. The number of carboxylic acid groups (broad SMARTS) is 1. The number of phenols is 2. The number of hydrogen-bond donors (Lipinski definition) is 6. The number of phenolic OH excluding ortho intramolecular Hbond substituents is 2. The number of rotatable bonds is 19. The molecule has 4 rings (SSSR count). The van der Waals surface area contributed by atoms with Gasteiger partial charge in [-0.3, -0.25) is 0 Å². The van der Waals surface area contributed by atoms with Crippen molar-refractivity contribution in [2.24, 2.45) is 0 Å². The molecular weight excluding hydrogens is 624 g/mol. The van der Waals surface area contributed by atoms with Crippen molar-refractivity contribution in [3.05, 3.63) is 66.2 Å². The number of aromatic hydroxyl groups is 2. The molecule has 4 aromatic rings. The van der Waals surface area contributed by atoms with Gasteiger partial charge < -0.3 is 49.8 Å². The number of aromatic carboxylic acids is 1. The Labute approximate surface area is 277 Å². The number of benzene rings is 3. The summed E-state index contributed by atoms with van der Waals surface area (Å²) in [5.74, 6) is -0.758. The van der Waals surface area contributed by atoms with Crippen molar-refractivity contribution in [2.75, 3.05) is 45.0 Å². The zero-order valence-corrected chi connectivity index (χ0v) is 26.7. The van der Waals surface area contributed by atoms with Crippen LogP contribution in [-0.4, -0.2) is 98.3 Å². The van der Waals surface area contributed by atoms with Crippen molar-refractivity contribution in [2.45, 2.75) is 38.9 Å². The first-order chi connectivity index (χ1) is 23.2. The molecule has 256 valence electrons. The third-order valence-corrected chi connectivity index (χ3v) is 6.65. The molecule has 0 fully saturated rings. The largest absolute Gasteiger partial charge is 0.507 e. The maximum Gasteiger partial charge on any atom is 0.335 e. The lowest BCUT2D eigenvalue weighted by Crippen LogP contribution is -2.23. The molecular formula is C34H40N4O10. The average molecular weight is 665 g/mol. The molecule has 0 spiro atoms. The quantitative estimate of drug-likeness (QED) is 0.0769. The van der Waals surface area contributed by atoms with Crippen LogP contribution >= 0.6 is 0 Å². The summed E-state index contributed by atoms with van der Waals surface area (Å²) in [7, 11) is 0. The molecule has 0 amide bonds. The number of nitrogens with zero attached hydrogens (tertiary/aromatic N) is 3. The summed E-state index contributed by atoms with van der Waals surface area (Å²) in [6.45, 7) is 5.14. The average Bonchev–Trinajstić information content (AvgIpc) is 3.07. The van der Waals surface area contributed by atoms with E-state index in [1.54, 1.807) is 36.4 Å². The van der Waals surface area contributed by atoms with E-state index in [0.717, 1.165) is 12.8 Å². The molecule has 0 aliphatic rings. The van der Waals surface area contributed by atoms with Gasteiger partial charge in [0, 0.05) is 31.0 Å². The molecule has 14 nitrogen and oxygen atoms in total. The molecule has 2 atom stereocenters. The van der Waals surface area contributed by atoms with Crippen molar-refractivity contribution in [1.29, 1.82) is 0 Å². The zero-order chi connectivity index (χ0) is 34.5. The van der Waals surface area contributed by atoms with E-state index in [0.29, 0.717) is 30.4 Å². The fourth-order valence-electron chi connectivity index (χ4n) is 4.29. The van der Waals surface area contributed by atoms with Gasteiger partial charge in [-0.15, -0.1) is 0 Å². The maximum atomic E-state index is 11.3. The number of aliphatic hydroxyl groups is 2. The van der Waals surface area contributed by atoms with Crippen molar-refractivity contribution in [1.82, 2.24) is 15.0 Å². The first kappa shape index (κ1) is 35.8. The minimum atomic E-state index is -1.07. The van der Waals surface area contributed by atoms with Crippen LogP contribution in [0.5, 0.6) is 23.0 Å². The second-order valence-corrected chi connectivity index (χ2v) is 10.8. The number of carboxylic acids is 1. The maximum absolute atomic E-state index is 11.3. The highest BCUT2D eigenvalue weighted by Gasteiger charge is 2.18. The highest BCUT2D eigenvalue weighted by Crippen LogP contribution is 2.35. The number of ether oxygens (including phenoxy) is 4. The van der Waals surface area contributed by atoms with Gasteiger partial charge in [0.15, 0.2) is 11.6 Å². The number of aromatic nitrogens is 3. The Bertz CT molecular complexity index is 1550. The Morgan fingerprint density at radius 2 is 1.19 bits per heavy atom. The van der Waals surface area contributed by atoms with E-state index < -0.39 is 18.2 Å². The van der Waals surface area contributed by atoms with E-state index in [1.807, 2.05) is 13.8 Å². The standard InChI is InChI=1S/C34H40N4O10/c1-3-13-45-17-23(39)19-47-25-9-11-27(29(41)15-25)31-36-32(38-34(37-31)35-22-7-5-21(6-8-22)33(43)44)28-12-10-26(16-30(28)42)48-20-24(40)18-46-14-4-2/h5-12,15-16,23-24,39-42H,3-4,13-14,17-20H2,1-2H3,(H,43,44)(H,35,36,37,38). The van der Waals surface area contributed by atoms with Crippen LogP contribution in [0, 0.1) is 0 Å². The molecule has 0 bridgehead atoms. The fourth-order valence-corrected chi connectivity index (χ4v) is 4.29. The van der Waals surface area contributed by atoms with Crippen LogP contribution in [0.1, 0.15) is 37.0 Å². The van der Waals surface area contributed by atoms with Crippen molar-refractivity contribution in [3.63, 3.8) is 0 Å².